The average molecular weight is 780 g/mol. The molecule has 8 aromatic carbocycles. The third-order valence-electron chi connectivity index (χ3n) is 11.3. The Kier molecular flexibility index (Phi) is 10.1. The number of nitrogens with one attached hydrogen (secondary N) is 2. The van der Waals surface area contributed by atoms with Gasteiger partial charge < -0.3 is 5.32 Å². The molecular weight excluding hydrogens is 739 g/mol. The minimum atomic E-state index is 0.457. The molecule has 61 heavy (non-hydrogen) atoms. The van der Waals surface area contributed by atoms with Crippen LogP contribution in [0, 0.1) is 5.41 Å². The smallest absolute Gasteiger partial charge is 0.0715 e. The predicted molar refractivity (Wildman–Crippen MR) is 255 cm³/mol. The molecule has 2 N–H and O–H groups in total. The normalized spacial score (nSPS) is 12.8. The van der Waals surface area contributed by atoms with Gasteiger partial charge in [-0.25, -0.2) is 4.98 Å². The fraction of sp³-hybridized carbons (Fsp3) is 0. The van der Waals surface area contributed by atoms with E-state index in [0.29, 0.717) is 5.71 Å². The van der Waals surface area contributed by atoms with E-state index >= 15 is 0 Å². The number of allylic oxidation sites excluding steroid dienone is 1. The summed E-state index contributed by atoms with van der Waals surface area (Å²) in [5.41, 5.74) is 18.9. The SMILES string of the molecule is N=C(/C(=C1\NC(c2ccccc2)=Cc2cc(-c3cc(-c4ccc(-c5ccccc5)cc4)nc(-c4ccc(-c5ccccc5)cc4)c3)ccc21)c1ccccc1)c1ccccc1. The Hall–Kier alpha value is -8.14. The van der Waals surface area contributed by atoms with E-state index in [0.717, 1.165) is 78.4 Å². The fourth-order valence-corrected chi connectivity index (χ4v) is 8.14. The number of benzene rings is 8. The molecule has 0 bridgehead atoms. The maximum Gasteiger partial charge on any atom is 0.0715 e. The van der Waals surface area contributed by atoms with Gasteiger partial charge in [0, 0.05) is 33.5 Å². The molecule has 0 saturated carbocycles. The summed E-state index contributed by atoms with van der Waals surface area (Å²) in [6.45, 7) is 0. The highest BCUT2D eigenvalue weighted by Gasteiger charge is 2.24. The number of aromatic nitrogens is 1. The topological polar surface area (TPSA) is 48.8 Å². The first-order valence-electron chi connectivity index (χ1n) is 20.6. The highest BCUT2D eigenvalue weighted by atomic mass is 14.9. The van der Waals surface area contributed by atoms with E-state index in [1.807, 2.05) is 66.7 Å². The summed E-state index contributed by atoms with van der Waals surface area (Å²) in [6, 6.07) is 80.2. The van der Waals surface area contributed by atoms with E-state index < -0.39 is 0 Å². The number of pyridine rings is 1. The Morgan fingerprint density at radius 2 is 0.770 bits per heavy atom. The Balaban J connectivity index is 1.13. The van der Waals surface area contributed by atoms with Gasteiger partial charge in [-0.2, -0.15) is 0 Å². The molecule has 3 nitrogen and oxygen atoms in total. The molecule has 0 unspecified atom stereocenters. The van der Waals surface area contributed by atoms with Crippen molar-refractivity contribution in [2.24, 2.45) is 0 Å². The highest BCUT2D eigenvalue weighted by molar-refractivity contribution is 6.36. The summed E-state index contributed by atoms with van der Waals surface area (Å²) in [6.07, 6.45) is 2.24. The summed E-state index contributed by atoms with van der Waals surface area (Å²) in [5.74, 6) is 0. The lowest BCUT2D eigenvalue weighted by molar-refractivity contribution is 1.22. The minimum Gasteiger partial charge on any atom is -0.354 e. The van der Waals surface area contributed by atoms with Gasteiger partial charge in [-0.1, -0.05) is 212 Å². The maximum atomic E-state index is 9.66. The lowest BCUT2D eigenvalue weighted by atomic mass is 9.86. The molecule has 288 valence electrons. The molecule has 2 heterocycles. The second-order valence-corrected chi connectivity index (χ2v) is 15.2. The first-order valence-corrected chi connectivity index (χ1v) is 20.6. The third-order valence-corrected chi connectivity index (χ3v) is 11.3. The Labute approximate surface area is 357 Å². The first-order chi connectivity index (χ1) is 30.1. The molecular formula is C58H41N3. The summed E-state index contributed by atoms with van der Waals surface area (Å²) in [7, 11) is 0. The van der Waals surface area contributed by atoms with Gasteiger partial charge >= 0.3 is 0 Å². The second kappa shape index (κ2) is 16.6. The van der Waals surface area contributed by atoms with Crippen molar-refractivity contribution in [1.82, 2.24) is 10.3 Å². The largest absolute Gasteiger partial charge is 0.354 e. The number of nitrogens with zero attached hydrogens (tertiary/aromatic N) is 1. The molecule has 0 amide bonds. The molecule has 9 aromatic rings. The minimum absolute atomic E-state index is 0.457. The van der Waals surface area contributed by atoms with Crippen molar-refractivity contribution in [1.29, 1.82) is 5.41 Å². The first kappa shape index (κ1) is 37.2. The van der Waals surface area contributed by atoms with Crippen molar-refractivity contribution in [3.63, 3.8) is 0 Å². The van der Waals surface area contributed by atoms with Crippen LogP contribution in [0.4, 0.5) is 0 Å². The standard InChI is InChI=1S/C58H41N3/c59-57(48-24-14-5-15-25-48)56(47-22-12-4-13-23-47)58-52-35-34-49(36-51(52)39-55(61-58)44-20-10-3-11-21-44)50-37-53(45-30-26-42(27-31-45)40-16-6-1-7-17-40)60-54(38-50)46-32-28-43(29-33-46)41-18-8-2-9-19-41/h1-39,59,61H/b58-56-,59-57?. The molecule has 1 aliphatic rings. The van der Waals surface area contributed by atoms with Gasteiger partial charge in [0.1, 0.15) is 0 Å². The van der Waals surface area contributed by atoms with Gasteiger partial charge in [0.15, 0.2) is 0 Å². The maximum absolute atomic E-state index is 9.66. The van der Waals surface area contributed by atoms with Crippen molar-refractivity contribution in [3.8, 4) is 55.9 Å². The Bertz CT molecular complexity index is 2940. The van der Waals surface area contributed by atoms with Gasteiger partial charge in [0.25, 0.3) is 0 Å². The number of hydrogen-bond donors (Lipinski definition) is 2. The van der Waals surface area contributed by atoms with Gasteiger partial charge in [-0.3, -0.25) is 5.41 Å². The summed E-state index contributed by atoms with van der Waals surface area (Å²) < 4.78 is 0. The Morgan fingerprint density at radius 1 is 0.361 bits per heavy atom. The zero-order valence-electron chi connectivity index (χ0n) is 33.5. The van der Waals surface area contributed by atoms with Gasteiger partial charge in [-0.15, -0.1) is 0 Å². The second-order valence-electron chi connectivity index (χ2n) is 15.2. The molecule has 0 atom stereocenters. The molecule has 3 heteroatoms. The summed E-state index contributed by atoms with van der Waals surface area (Å²) in [5, 5.41) is 13.5. The molecule has 1 aliphatic heterocycles. The zero-order valence-corrected chi connectivity index (χ0v) is 33.5. The monoisotopic (exact) mass is 779 g/mol. The van der Waals surface area contributed by atoms with E-state index in [1.165, 1.54) is 22.3 Å². The van der Waals surface area contributed by atoms with Crippen LogP contribution in [0.15, 0.2) is 231 Å². The van der Waals surface area contributed by atoms with Crippen LogP contribution in [0.2, 0.25) is 0 Å². The summed E-state index contributed by atoms with van der Waals surface area (Å²) in [4.78, 5) is 5.31. The van der Waals surface area contributed by atoms with E-state index in [-0.39, 0.29) is 0 Å². The number of hydrogen-bond acceptors (Lipinski definition) is 3. The van der Waals surface area contributed by atoms with Crippen LogP contribution in [-0.4, -0.2) is 10.7 Å². The van der Waals surface area contributed by atoms with Gasteiger partial charge in [0.05, 0.1) is 22.8 Å². The van der Waals surface area contributed by atoms with Crippen molar-refractivity contribution in [3.05, 3.63) is 258 Å². The van der Waals surface area contributed by atoms with E-state index in [2.05, 4.69) is 175 Å². The van der Waals surface area contributed by atoms with Gasteiger partial charge in [0.2, 0.25) is 0 Å². The van der Waals surface area contributed by atoms with Crippen molar-refractivity contribution >= 4 is 28.8 Å². The Morgan fingerprint density at radius 3 is 1.28 bits per heavy atom. The molecule has 1 aromatic heterocycles. The van der Waals surface area contributed by atoms with Crippen LogP contribution in [0.3, 0.4) is 0 Å². The fourth-order valence-electron chi connectivity index (χ4n) is 8.14. The average Bonchev–Trinajstić information content (AvgIpc) is 3.35. The third kappa shape index (κ3) is 7.76. The molecule has 10 rings (SSSR count). The molecule has 0 spiro atoms. The van der Waals surface area contributed by atoms with Crippen LogP contribution in [0.25, 0.3) is 78.9 Å². The predicted octanol–water partition coefficient (Wildman–Crippen LogP) is 14.5. The summed E-state index contributed by atoms with van der Waals surface area (Å²) >= 11 is 0. The van der Waals surface area contributed by atoms with Crippen LogP contribution in [0.1, 0.15) is 27.8 Å². The van der Waals surface area contributed by atoms with Gasteiger partial charge in [-0.05, 0) is 74.3 Å². The van der Waals surface area contributed by atoms with Crippen molar-refractivity contribution in [2.75, 3.05) is 0 Å². The zero-order chi connectivity index (χ0) is 41.0. The lowest BCUT2D eigenvalue weighted by Gasteiger charge is -2.27. The quantitative estimate of drug-likeness (QED) is 0.143. The molecule has 0 radical (unpaired) electrons. The molecule has 0 aliphatic carbocycles. The number of rotatable bonds is 9. The van der Waals surface area contributed by atoms with Crippen molar-refractivity contribution in [2.45, 2.75) is 0 Å². The van der Waals surface area contributed by atoms with Crippen LogP contribution >= 0.6 is 0 Å². The van der Waals surface area contributed by atoms with E-state index in [1.54, 1.807) is 0 Å². The van der Waals surface area contributed by atoms with Crippen LogP contribution < -0.4 is 5.32 Å². The molecule has 0 saturated heterocycles. The number of fused-ring (bicyclic) bond motifs is 1. The lowest BCUT2D eigenvalue weighted by Crippen LogP contribution is -2.20. The molecule has 0 fully saturated rings. The highest BCUT2D eigenvalue weighted by Crippen LogP contribution is 2.39. The van der Waals surface area contributed by atoms with Crippen molar-refractivity contribution < 1.29 is 0 Å². The van der Waals surface area contributed by atoms with Crippen LogP contribution in [-0.2, 0) is 0 Å². The van der Waals surface area contributed by atoms with E-state index in [9.17, 15) is 5.41 Å². The van der Waals surface area contributed by atoms with E-state index in [4.69, 9.17) is 4.98 Å². The van der Waals surface area contributed by atoms with Crippen LogP contribution in [0.5, 0.6) is 0 Å².